The van der Waals surface area contributed by atoms with Crippen LogP contribution in [0.2, 0.25) is 0 Å². The van der Waals surface area contributed by atoms with Gasteiger partial charge in [-0.1, -0.05) is 0 Å². The molecule has 0 aromatic heterocycles. The van der Waals surface area contributed by atoms with Gasteiger partial charge in [-0.05, 0) is 19.9 Å². The van der Waals surface area contributed by atoms with Gasteiger partial charge in [-0.15, -0.1) is 0 Å². The molecule has 0 aliphatic heterocycles. The fraction of sp³-hybridized carbons (Fsp3) is 0.389. The van der Waals surface area contributed by atoms with Gasteiger partial charge in [0.25, 0.3) is 0 Å². The number of esters is 2. The van der Waals surface area contributed by atoms with Gasteiger partial charge in [-0.25, -0.2) is 13.6 Å². The summed E-state index contributed by atoms with van der Waals surface area (Å²) in [7, 11) is 0.958. The summed E-state index contributed by atoms with van der Waals surface area (Å²) in [5, 5.41) is 2.64. The Kier molecular flexibility index (Phi) is 8.49. The monoisotopic (exact) mass is 403 g/mol. The van der Waals surface area contributed by atoms with Gasteiger partial charge in [0, 0.05) is 13.1 Å². The third-order valence-electron chi connectivity index (χ3n) is 3.35. The van der Waals surface area contributed by atoms with E-state index in [9.17, 15) is 27.6 Å². The molecule has 10 heteroatoms. The average Bonchev–Trinajstić information content (AvgIpc) is 2.64. The minimum Gasteiger partial charge on any atom is -0.493 e. The van der Waals surface area contributed by atoms with E-state index in [-0.39, 0.29) is 13.2 Å². The Balaban J connectivity index is 3.28. The first kappa shape index (κ1) is 23.0. The zero-order valence-electron chi connectivity index (χ0n) is 15.7. The van der Waals surface area contributed by atoms with E-state index in [2.05, 4.69) is 10.1 Å². The van der Waals surface area contributed by atoms with Crippen molar-refractivity contribution in [2.75, 3.05) is 20.3 Å². The van der Waals surface area contributed by atoms with Crippen LogP contribution in [0.1, 0.15) is 31.1 Å². The fourth-order valence-corrected chi connectivity index (χ4v) is 2.03. The molecular formula is C18H20F3NO6. The Morgan fingerprint density at radius 3 is 2.36 bits per heavy atom. The second-order valence-corrected chi connectivity index (χ2v) is 5.55. The first-order valence-corrected chi connectivity index (χ1v) is 8.16. The highest BCUT2D eigenvalue weighted by Gasteiger charge is 2.29. The third kappa shape index (κ3) is 5.73. The number of carbonyl (C=O) groups is 3. The minimum atomic E-state index is -1.82. The summed E-state index contributed by atoms with van der Waals surface area (Å²) in [5.74, 6) is -8.75. The molecule has 0 saturated carbocycles. The molecule has 1 atom stereocenters. The van der Waals surface area contributed by atoms with E-state index in [1.54, 1.807) is 6.92 Å². The number of nitrogens with one attached hydrogen (secondary N) is 1. The van der Waals surface area contributed by atoms with Crippen LogP contribution in [0.5, 0.6) is 5.75 Å². The molecule has 28 heavy (non-hydrogen) atoms. The molecule has 7 nitrogen and oxygen atoms in total. The molecule has 0 radical (unpaired) electrons. The van der Waals surface area contributed by atoms with E-state index in [1.807, 2.05) is 0 Å². The fourth-order valence-electron chi connectivity index (χ4n) is 2.03. The molecule has 0 aliphatic carbocycles. The van der Waals surface area contributed by atoms with Crippen LogP contribution in [0.15, 0.2) is 17.8 Å². The zero-order chi connectivity index (χ0) is 21.4. The molecule has 0 amide bonds. The van der Waals surface area contributed by atoms with Crippen molar-refractivity contribution in [2.45, 2.75) is 26.8 Å². The van der Waals surface area contributed by atoms with Crippen molar-refractivity contribution in [3.63, 3.8) is 0 Å². The predicted molar refractivity (Wildman–Crippen MR) is 91.1 cm³/mol. The summed E-state index contributed by atoms with van der Waals surface area (Å²) >= 11 is 0. The predicted octanol–water partition coefficient (Wildman–Crippen LogP) is 2.28. The SMILES string of the molecule is CCOC(=O)C(=CN[C@@H](C)COC(C)=O)C(=O)c1cc(F)c(F)c(F)c1OC. The van der Waals surface area contributed by atoms with Crippen molar-refractivity contribution in [1.82, 2.24) is 5.32 Å². The number of ether oxygens (including phenoxy) is 3. The second kappa shape index (κ2) is 10.3. The molecule has 0 unspecified atom stereocenters. The highest BCUT2D eigenvalue weighted by atomic mass is 19.2. The summed E-state index contributed by atoms with van der Waals surface area (Å²) in [6, 6.07) is -0.0840. The van der Waals surface area contributed by atoms with Gasteiger partial charge >= 0.3 is 11.9 Å². The first-order chi connectivity index (χ1) is 13.1. The number of hydrogen-bond donors (Lipinski definition) is 1. The number of methoxy groups -OCH3 is 1. The van der Waals surface area contributed by atoms with Crippen LogP contribution in [0.4, 0.5) is 13.2 Å². The summed E-state index contributed by atoms with van der Waals surface area (Å²) in [4.78, 5) is 35.7. The summed E-state index contributed by atoms with van der Waals surface area (Å²) in [6.07, 6.45) is 0.965. The Morgan fingerprint density at radius 2 is 1.82 bits per heavy atom. The van der Waals surface area contributed by atoms with E-state index in [0.717, 1.165) is 13.3 Å². The van der Waals surface area contributed by atoms with Crippen molar-refractivity contribution >= 4 is 17.7 Å². The smallest absolute Gasteiger partial charge is 0.343 e. The highest BCUT2D eigenvalue weighted by molar-refractivity contribution is 6.25. The quantitative estimate of drug-likeness (QED) is 0.169. The molecule has 154 valence electrons. The maximum absolute atomic E-state index is 13.9. The van der Waals surface area contributed by atoms with Crippen LogP contribution in [-0.4, -0.2) is 44.1 Å². The van der Waals surface area contributed by atoms with Gasteiger partial charge in [0.2, 0.25) is 11.6 Å². The lowest BCUT2D eigenvalue weighted by molar-refractivity contribution is -0.141. The van der Waals surface area contributed by atoms with E-state index >= 15 is 0 Å². The van der Waals surface area contributed by atoms with Crippen LogP contribution in [0, 0.1) is 17.5 Å². The van der Waals surface area contributed by atoms with Crippen molar-refractivity contribution < 1.29 is 41.8 Å². The maximum Gasteiger partial charge on any atom is 0.343 e. The van der Waals surface area contributed by atoms with E-state index in [4.69, 9.17) is 9.47 Å². The van der Waals surface area contributed by atoms with Crippen LogP contribution < -0.4 is 10.1 Å². The standard InChI is InChI=1S/C18H20F3NO6/c1-5-27-18(25)12(7-22-9(2)8-28-10(3)23)16(24)11-6-13(19)14(20)15(21)17(11)26-4/h6-7,9,22H,5,8H2,1-4H3/t9-/m0/s1. The Labute approximate surface area is 159 Å². The number of halogens is 3. The molecule has 1 N–H and O–H groups in total. The van der Waals surface area contributed by atoms with Gasteiger partial charge in [0.1, 0.15) is 12.2 Å². The van der Waals surface area contributed by atoms with Crippen LogP contribution in [0.3, 0.4) is 0 Å². The largest absolute Gasteiger partial charge is 0.493 e. The van der Waals surface area contributed by atoms with Crippen molar-refractivity contribution in [3.05, 3.63) is 40.9 Å². The topological polar surface area (TPSA) is 90.9 Å². The molecule has 0 bridgehead atoms. The summed E-state index contributed by atoms with van der Waals surface area (Å²) in [6.45, 7) is 4.15. The summed E-state index contributed by atoms with van der Waals surface area (Å²) in [5.41, 5.74) is -1.31. The molecule has 0 heterocycles. The molecule has 0 spiro atoms. The van der Waals surface area contributed by atoms with Gasteiger partial charge in [-0.2, -0.15) is 4.39 Å². The molecule has 0 aliphatic rings. The Bertz CT molecular complexity index is 794. The molecule has 0 saturated heterocycles. The number of hydrogen-bond acceptors (Lipinski definition) is 7. The lowest BCUT2D eigenvalue weighted by atomic mass is 10.0. The molecule has 1 aromatic rings. The average molecular weight is 403 g/mol. The van der Waals surface area contributed by atoms with Crippen LogP contribution >= 0.6 is 0 Å². The van der Waals surface area contributed by atoms with Gasteiger partial charge in [0.15, 0.2) is 17.4 Å². The third-order valence-corrected chi connectivity index (χ3v) is 3.35. The van der Waals surface area contributed by atoms with Gasteiger partial charge in [-0.3, -0.25) is 9.59 Å². The number of ketones is 1. The maximum atomic E-state index is 13.9. The molecule has 1 aromatic carbocycles. The lowest BCUT2D eigenvalue weighted by Gasteiger charge is -2.14. The van der Waals surface area contributed by atoms with Gasteiger partial charge in [0.05, 0.1) is 25.3 Å². The lowest BCUT2D eigenvalue weighted by Crippen LogP contribution is -2.29. The van der Waals surface area contributed by atoms with Crippen molar-refractivity contribution in [2.24, 2.45) is 0 Å². The van der Waals surface area contributed by atoms with Crippen LogP contribution in [0.25, 0.3) is 0 Å². The number of benzene rings is 1. The Hall–Kier alpha value is -3.04. The molecular weight excluding hydrogens is 383 g/mol. The Morgan fingerprint density at radius 1 is 1.18 bits per heavy atom. The summed E-state index contributed by atoms with van der Waals surface area (Å²) < 4.78 is 55.1. The number of Topliss-reactive ketones (excluding diaryl/α,β-unsaturated/α-hetero) is 1. The van der Waals surface area contributed by atoms with E-state index in [0.29, 0.717) is 6.07 Å². The minimum absolute atomic E-state index is 0.0702. The van der Waals surface area contributed by atoms with E-state index < -0.39 is 58.1 Å². The van der Waals surface area contributed by atoms with Crippen molar-refractivity contribution in [3.8, 4) is 5.75 Å². The second-order valence-electron chi connectivity index (χ2n) is 5.55. The molecule has 0 fully saturated rings. The van der Waals surface area contributed by atoms with Gasteiger partial charge < -0.3 is 19.5 Å². The normalized spacial score (nSPS) is 12.2. The number of carbonyl (C=O) groups excluding carboxylic acids is 3. The van der Waals surface area contributed by atoms with Crippen LogP contribution in [-0.2, 0) is 19.1 Å². The molecule has 1 rings (SSSR count). The highest BCUT2D eigenvalue weighted by Crippen LogP contribution is 2.29. The van der Waals surface area contributed by atoms with E-state index in [1.165, 1.54) is 13.8 Å². The zero-order valence-corrected chi connectivity index (χ0v) is 15.7. The first-order valence-electron chi connectivity index (χ1n) is 8.16. The van der Waals surface area contributed by atoms with Crippen molar-refractivity contribution in [1.29, 1.82) is 0 Å². The number of rotatable bonds is 9.